The van der Waals surface area contributed by atoms with E-state index in [0.29, 0.717) is 12.8 Å². The molecule has 1 saturated carbocycles. The van der Waals surface area contributed by atoms with Crippen molar-refractivity contribution in [2.75, 3.05) is 12.8 Å². The number of aliphatic hydroxyl groups is 1. The molecule has 3 unspecified atom stereocenters. The van der Waals surface area contributed by atoms with Crippen molar-refractivity contribution in [2.24, 2.45) is 11.3 Å². The molecule has 15 heteroatoms. The SMILES string of the molecule is CCn1nc(C(=O)NCC2CCC(S(C)(=O)=O)CC2O)c(Cl)c1-c1ccc(CC(C)(C)C(F)(F)F)cc1OC(F)F. The van der Waals surface area contributed by atoms with E-state index in [2.05, 4.69) is 15.2 Å². The smallest absolute Gasteiger partial charge is 0.394 e. The summed E-state index contributed by atoms with van der Waals surface area (Å²) in [5.41, 5.74) is -2.19. The zero-order chi connectivity index (χ0) is 30.9. The number of aryl methyl sites for hydroxylation is 1. The number of carbonyl (C=O) groups is 1. The second-order valence-corrected chi connectivity index (χ2v) is 13.6. The standard InChI is InChI=1S/C26H33ClF5N3O5S/c1-5-35-22(17-9-6-14(10-19(17)40-24(28)29)12-25(2,3)26(30,31)32)20(27)21(34-35)23(37)33-13-15-7-8-16(11-18(15)36)41(4,38)39/h6,9-10,15-16,18,24,36H,5,7-8,11-13H2,1-4H3,(H,33,37). The number of halogens is 6. The number of hydrogen-bond donors (Lipinski definition) is 2. The van der Waals surface area contributed by atoms with Gasteiger partial charge in [-0.3, -0.25) is 9.48 Å². The second-order valence-electron chi connectivity index (χ2n) is 10.9. The molecular weight excluding hydrogens is 597 g/mol. The van der Waals surface area contributed by atoms with Crippen LogP contribution in [0.15, 0.2) is 18.2 Å². The Balaban J connectivity index is 1.88. The number of hydrogen-bond acceptors (Lipinski definition) is 6. The molecule has 0 saturated heterocycles. The van der Waals surface area contributed by atoms with Gasteiger partial charge in [-0.15, -0.1) is 0 Å². The number of nitrogens with one attached hydrogen (secondary N) is 1. The molecule has 41 heavy (non-hydrogen) atoms. The summed E-state index contributed by atoms with van der Waals surface area (Å²) in [6.45, 7) is 0.553. The largest absolute Gasteiger partial charge is 0.434 e. The van der Waals surface area contributed by atoms with Gasteiger partial charge >= 0.3 is 12.8 Å². The third-order valence-corrected chi connectivity index (χ3v) is 9.38. The molecule has 1 aliphatic carbocycles. The van der Waals surface area contributed by atoms with E-state index >= 15 is 0 Å². The Morgan fingerprint density at radius 3 is 2.46 bits per heavy atom. The molecule has 3 rings (SSSR count). The average molecular weight is 630 g/mol. The van der Waals surface area contributed by atoms with Crippen LogP contribution in [0.1, 0.15) is 56.1 Å². The van der Waals surface area contributed by atoms with Crippen LogP contribution in [0.5, 0.6) is 5.75 Å². The Bertz CT molecular complexity index is 1360. The lowest BCUT2D eigenvalue weighted by atomic mass is 9.84. The molecule has 1 fully saturated rings. The number of rotatable bonds is 10. The monoisotopic (exact) mass is 629 g/mol. The van der Waals surface area contributed by atoms with Gasteiger partial charge in [-0.1, -0.05) is 31.5 Å². The van der Waals surface area contributed by atoms with E-state index in [4.69, 9.17) is 11.6 Å². The van der Waals surface area contributed by atoms with Gasteiger partial charge < -0.3 is 15.2 Å². The molecule has 1 aromatic heterocycles. The first-order valence-corrected chi connectivity index (χ1v) is 15.2. The minimum atomic E-state index is -4.54. The number of amides is 1. The Morgan fingerprint density at radius 2 is 1.93 bits per heavy atom. The Hall–Kier alpha value is -2.45. The molecule has 1 aromatic carbocycles. The Labute approximate surface area is 240 Å². The number of aliphatic hydroxyl groups excluding tert-OH is 1. The summed E-state index contributed by atoms with van der Waals surface area (Å²) in [7, 11) is -3.31. The molecule has 3 atom stereocenters. The fourth-order valence-corrected chi connectivity index (χ4v) is 6.29. The van der Waals surface area contributed by atoms with Gasteiger partial charge in [0, 0.05) is 30.8 Å². The molecule has 230 valence electrons. The molecule has 0 bridgehead atoms. The van der Waals surface area contributed by atoms with E-state index in [1.807, 2.05) is 0 Å². The lowest BCUT2D eigenvalue weighted by Crippen LogP contribution is -2.41. The van der Waals surface area contributed by atoms with Crippen LogP contribution in [0, 0.1) is 11.3 Å². The quantitative estimate of drug-likeness (QED) is 0.347. The molecule has 0 spiro atoms. The van der Waals surface area contributed by atoms with Crippen molar-refractivity contribution in [3.8, 4) is 17.0 Å². The van der Waals surface area contributed by atoms with Crippen LogP contribution >= 0.6 is 11.6 Å². The summed E-state index contributed by atoms with van der Waals surface area (Å²) >= 11 is 6.52. The highest BCUT2D eigenvalue weighted by molar-refractivity contribution is 7.91. The fourth-order valence-electron chi connectivity index (χ4n) is 4.85. The molecule has 1 heterocycles. The maximum Gasteiger partial charge on any atom is 0.394 e. The number of sulfone groups is 1. The molecule has 8 nitrogen and oxygen atoms in total. The van der Waals surface area contributed by atoms with Gasteiger partial charge in [0.1, 0.15) is 15.6 Å². The van der Waals surface area contributed by atoms with Crippen LogP contribution in [0.25, 0.3) is 11.3 Å². The van der Waals surface area contributed by atoms with Crippen LogP contribution in [-0.2, 0) is 22.8 Å². The first-order chi connectivity index (χ1) is 18.9. The summed E-state index contributed by atoms with van der Waals surface area (Å²) < 4.78 is 96.4. The fraction of sp³-hybridized carbons (Fsp3) is 0.615. The van der Waals surface area contributed by atoms with Crippen LogP contribution < -0.4 is 10.1 Å². The molecule has 0 aliphatic heterocycles. The van der Waals surface area contributed by atoms with Gasteiger partial charge in [-0.05, 0) is 50.3 Å². The predicted molar refractivity (Wildman–Crippen MR) is 143 cm³/mol. The third-order valence-electron chi connectivity index (χ3n) is 7.38. The van der Waals surface area contributed by atoms with E-state index in [0.717, 1.165) is 26.2 Å². The lowest BCUT2D eigenvalue weighted by Gasteiger charge is -2.32. The highest BCUT2D eigenvalue weighted by atomic mass is 35.5. The zero-order valence-electron chi connectivity index (χ0n) is 22.9. The molecule has 0 radical (unpaired) electrons. The molecule has 1 aliphatic rings. The second kappa shape index (κ2) is 12.4. The van der Waals surface area contributed by atoms with Crippen LogP contribution in [-0.4, -0.2) is 66.2 Å². The van der Waals surface area contributed by atoms with Crippen molar-refractivity contribution in [2.45, 2.75) is 77.1 Å². The van der Waals surface area contributed by atoms with Gasteiger partial charge in [0.2, 0.25) is 0 Å². The van der Waals surface area contributed by atoms with Crippen molar-refractivity contribution < 1.29 is 45.0 Å². The molecular formula is C26H33ClF5N3O5S. The summed E-state index contributed by atoms with van der Waals surface area (Å²) in [5.74, 6) is -1.53. The Morgan fingerprint density at radius 1 is 1.27 bits per heavy atom. The van der Waals surface area contributed by atoms with Crippen molar-refractivity contribution in [3.05, 3.63) is 34.5 Å². The van der Waals surface area contributed by atoms with E-state index < -0.39 is 63.4 Å². The van der Waals surface area contributed by atoms with Gasteiger partial charge in [0.05, 0.1) is 27.5 Å². The minimum Gasteiger partial charge on any atom is -0.434 e. The number of aromatic nitrogens is 2. The first kappa shape index (κ1) is 33.1. The maximum absolute atomic E-state index is 13.4. The van der Waals surface area contributed by atoms with Gasteiger partial charge in [0.15, 0.2) is 5.69 Å². The van der Waals surface area contributed by atoms with E-state index in [9.17, 15) is 40.3 Å². The third kappa shape index (κ3) is 7.69. The van der Waals surface area contributed by atoms with Crippen molar-refractivity contribution in [3.63, 3.8) is 0 Å². The number of carbonyl (C=O) groups excluding carboxylic acids is 1. The maximum atomic E-state index is 13.4. The number of ether oxygens (including phenoxy) is 1. The molecule has 1 amide bonds. The molecule has 2 N–H and O–H groups in total. The summed E-state index contributed by atoms with van der Waals surface area (Å²) in [4.78, 5) is 13.0. The van der Waals surface area contributed by atoms with Crippen LogP contribution in [0.3, 0.4) is 0 Å². The lowest BCUT2D eigenvalue weighted by molar-refractivity contribution is -0.211. The van der Waals surface area contributed by atoms with Crippen LogP contribution in [0.4, 0.5) is 22.0 Å². The minimum absolute atomic E-state index is 0.00628. The zero-order valence-corrected chi connectivity index (χ0v) is 24.5. The van der Waals surface area contributed by atoms with Gasteiger partial charge in [-0.2, -0.15) is 27.1 Å². The van der Waals surface area contributed by atoms with Crippen molar-refractivity contribution >= 4 is 27.3 Å². The topological polar surface area (TPSA) is 111 Å². The van der Waals surface area contributed by atoms with E-state index in [1.54, 1.807) is 6.92 Å². The highest BCUT2D eigenvalue weighted by Gasteiger charge is 2.47. The molecule has 2 aromatic rings. The first-order valence-electron chi connectivity index (χ1n) is 12.9. The highest BCUT2D eigenvalue weighted by Crippen LogP contribution is 2.43. The van der Waals surface area contributed by atoms with Crippen molar-refractivity contribution in [1.82, 2.24) is 15.1 Å². The number of alkyl halides is 5. The number of benzene rings is 1. The van der Waals surface area contributed by atoms with Gasteiger partial charge in [-0.25, -0.2) is 8.42 Å². The Kier molecular flexibility index (Phi) is 10.0. The summed E-state index contributed by atoms with van der Waals surface area (Å²) in [5, 5.41) is 16.4. The van der Waals surface area contributed by atoms with Gasteiger partial charge in [0.25, 0.3) is 5.91 Å². The predicted octanol–water partition coefficient (Wildman–Crippen LogP) is 5.26. The van der Waals surface area contributed by atoms with E-state index in [-0.39, 0.29) is 47.0 Å². The summed E-state index contributed by atoms with van der Waals surface area (Å²) in [6.07, 6.45) is -4.10. The normalized spacial score (nSPS) is 20.3. The summed E-state index contributed by atoms with van der Waals surface area (Å²) in [6, 6.07) is 3.73. The average Bonchev–Trinajstić information content (AvgIpc) is 3.17. The van der Waals surface area contributed by atoms with Crippen molar-refractivity contribution in [1.29, 1.82) is 0 Å². The number of nitrogens with zero attached hydrogens (tertiary/aromatic N) is 2. The van der Waals surface area contributed by atoms with Crippen LogP contribution in [0.2, 0.25) is 5.02 Å². The van der Waals surface area contributed by atoms with E-state index in [1.165, 1.54) is 16.8 Å².